The Labute approximate surface area is 89.4 Å². The number of rotatable bonds is 8. The molecule has 0 saturated carbocycles. The Hall–Kier alpha value is -0.0800. The maximum absolute atomic E-state index is 5.01. The Balaban J connectivity index is 3.86. The molecule has 0 aliphatic heterocycles. The maximum atomic E-state index is 5.01. The lowest BCUT2D eigenvalue weighted by molar-refractivity contribution is 0.162. The minimum absolute atomic E-state index is 0.433. The van der Waals surface area contributed by atoms with Crippen LogP contribution in [-0.2, 0) is 4.74 Å². The van der Waals surface area contributed by atoms with Crippen molar-refractivity contribution in [3.05, 3.63) is 0 Å². The summed E-state index contributed by atoms with van der Waals surface area (Å²) in [6, 6.07) is 0. The number of methoxy groups -OCH3 is 1. The molecule has 0 saturated heterocycles. The fourth-order valence-electron chi connectivity index (χ4n) is 1.69. The first kappa shape index (κ1) is 13.9. The minimum Gasteiger partial charge on any atom is -0.383 e. The molecule has 0 aliphatic carbocycles. The molecule has 0 spiro atoms. The van der Waals surface area contributed by atoms with E-state index in [4.69, 9.17) is 4.74 Å². The summed E-state index contributed by atoms with van der Waals surface area (Å²) in [5.41, 5.74) is 0.433. The lowest BCUT2D eigenvalue weighted by atomic mass is 9.74. The summed E-state index contributed by atoms with van der Waals surface area (Å²) in [5, 5.41) is 3.47. The van der Waals surface area contributed by atoms with Gasteiger partial charge in [0.15, 0.2) is 0 Å². The van der Waals surface area contributed by atoms with Crippen molar-refractivity contribution in [3.8, 4) is 0 Å². The quantitative estimate of drug-likeness (QED) is 0.610. The van der Waals surface area contributed by atoms with E-state index in [2.05, 4.69) is 33.0 Å². The van der Waals surface area contributed by atoms with Gasteiger partial charge in [0.1, 0.15) is 0 Å². The molecule has 0 aromatic heterocycles. The highest BCUT2D eigenvalue weighted by Crippen LogP contribution is 2.32. The van der Waals surface area contributed by atoms with Crippen LogP contribution in [0, 0.1) is 11.3 Å². The van der Waals surface area contributed by atoms with Crippen molar-refractivity contribution in [1.82, 2.24) is 5.32 Å². The van der Waals surface area contributed by atoms with Gasteiger partial charge in [-0.25, -0.2) is 0 Å². The van der Waals surface area contributed by atoms with Crippen molar-refractivity contribution >= 4 is 0 Å². The van der Waals surface area contributed by atoms with Gasteiger partial charge in [0.05, 0.1) is 6.61 Å². The first-order valence-electron chi connectivity index (χ1n) is 5.80. The molecule has 2 nitrogen and oxygen atoms in total. The van der Waals surface area contributed by atoms with Crippen LogP contribution in [-0.4, -0.2) is 26.8 Å². The maximum Gasteiger partial charge on any atom is 0.0587 e. The summed E-state index contributed by atoms with van der Waals surface area (Å²) in [7, 11) is 1.75. The van der Waals surface area contributed by atoms with E-state index in [0.717, 1.165) is 25.6 Å². The Bertz CT molecular complexity index is 138. The van der Waals surface area contributed by atoms with E-state index in [-0.39, 0.29) is 0 Å². The lowest BCUT2D eigenvalue weighted by Crippen LogP contribution is -2.37. The lowest BCUT2D eigenvalue weighted by Gasteiger charge is -2.34. The van der Waals surface area contributed by atoms with Gasteiger partial charge in [-0.3, -0.25) is 0 Å². The Morgan fingerprint density at radius 2 is 2.00 bits per heavy atom. The van der Waals surface area contributed by atoms with Crippen LogP contribution in [0.5, 0.6) is 0 Å². The zero-order valence-corrected chi connectivity index (χ0v) is 10.5. The van der Waals surface area contributed by atoms with E-state index in [1.807, 2.05) is 0 Å². The van der Waals surface area contributed by atoms with Crippen molar-refractivity contribution in [3.63, 3.8) is 0 Å². The third-order valence-corrected chi connectivity index (χ3v) is 3.62. The molecular weight excluding hydrogens is 174 g/mol. The Morgan fingerprint density at radius 3 is 2.43 bits per heavy atom. The summed E-state index contributed by atoms with van der Waals surface area (Å²) in [5.74, 6) is 0.780. The van der Waals surface area contributed by atoms with E-state index >= 15 is 0 Å². The number of hydrogen-bond acceptors (Lipinski definition) is 2. The predicted molar refractivity (Wildman–Crippen MR) is 62.6 cm³/mol. The fourth-order valence-corrected chi connectivity index (χ4v) is 1.69. The summed E-state index contributed by atoms with van der Waals surface area (Å²) >= 11 is 0. The highest BCUT2D eigenvalue weighted by atomic mass is 16.5. The van der Waals surface area contributed by atoms with E-state index in [1.165, 1.54) is 12.8 Å². The van der Waals surface area contributed by atoms with Crippen LogP contribution < -0.4 is 5.32 Å². The van der Waals surface area contributed by atoms with Crippen LogP contribution in [0.15, 0.2) is 0 Å². The molecule has 0 amide bonds. The van der Waals surface area contributed by atoms with E-state index < -0.39 is 0 Å². The summed E-state index contributed by atoms with van der Waals surface area (Å²) < 4.78 is 5.01. The zero-order valence-electron chi connectivity index (χ0n) is 10.5. The number of nitrogens with one attached hydrogen (secondary N) is 1. The van der Waals surface area contributed by atoms with E-state index in [0.29, 0.717) is 5.41 Å². The van der Waals surface area contributed by atoms with E-state index in [1.54, 1.807) is 7.11 Å². The SMILES string of the molecule is CCC(C)C(C)(CC)CNCCOC. The summed E-state index contributed by atoms with van der Waals surface area (Å²) in [6.45, 7) is 12.1. The van der Waals surface area contributed by atoms with Crippen molar-refractivity contribution < 1.29 is 4.74 Å². The monoisotopic (exact) mass is 201 g/mol. The fraction of sp³-hybridized carbons (Fsp3) is 1.00. The van der Waals surface area contributed by atoms with Crippen LogP contribution in [0.2, 0.25) is 0 Å². The summed E-state index contributed by atoms with van der Waals surface area (Å²) in [4.78, 5) is 0. The van der Waals surface area contributed by atoms with Crippen LogP contribution in [0.4, 0.5) is 0 Å². The molecule has 2 unspecified atom stereocenters. The second-order valence-electron chi connectivity index (χ2n) is 4.49. The predicted octanol–water partition coefficient (Wildman–Crippen LogP) is 2.68. The van der Waals surface area contributed by atoms with Gasteiger partial charge in [0.2, 0.25) is 0 Å². The van der Waals surface area contributed by atoms with Crippen LogP contribution in [0.3, 0.4) is 0 Å². The molecule has 1 N–H and O–H groups in total. The highest BCUT2D eigenvalue weighted by molar-refractivity contribution is 4.80. The first-order chi connectivity index (χ1) is 6.60. The van der Waals surface area contributed by atoms with Gasteiger partial charge >= 0.3 is 0 Å². The van der Waals surface area contributed by atoms with Gasteiger partial charge in [-0.05, 0) is 17.8 Å². The van der Waals surface area contributed by atoms with Crippen molar-refractivity contribution in [1.29, 1.82) is 0 Å². The molecule has 0 rings (SSSR count). The Kier molecular flexibility index (Phi) is 7.20. The second kappa shape index (κ2) is 7.24. The largest absolute Gasteiger partial charge is 0.383 e. The van der Waals surface area contributed by atoms with E-state index in [9.17, 15) is 0 Å². The Morgan fingerprint density at radius 1 is 1.36 bits per heavy atom. The highest BCUT2D eigenvalue weighted by Gasteiger charge is 2.27. The standard InChI is InChI=1S/C12H27NO/c1-6-11(3)12(4,7-2)10-13-8-9-14-5/h11,13H,6-10H2,1-5H3. The van der Waals surface area contributed by atoms with Gasteiger partial charge in [-0.1, -0.05) is 34.1 Å². The second-order valence-corrected chi connectivity index (χ2v) is 4.49. The molecular formula is C12H27NO. The molecule has 0 fully saturated rings. The average molecular weight is 201 g/mol. The van der Waals surface area contributed by atoms with Crippen molar-refractivity contribution in [2.75, 3.05) is 26.8 Å². The molecule has 0 heterocycles. The van der Waals surface area contributed by atoms with Crippen molar-refractivity contribution in [2.24, 2.45) is 11.3 Å². The first-order valence-corrected chi connectivity index (χ1v) is 5.80. The molecule has 2 atom stereocenters. The van der Waals surface area contributed by atoms with Crippen molar-refractivity contribution in [2.45, 2.75) is 40.5 Å². The third-order valence-electron chi connectivity index (χ3n) is 3.62. The van der Waals surface area contributed by atoms with Crippen LogP contribution in [0.1, 0.15) is 40.5 Å². The number of ether oxygens (including phenoxy) is 1. The molecule has 0 aromatic carbocycles. The molecule has 0 aromatic rings. The van der Waals surface area contributed by atoms with Gasteiger partial charge in [-0.15, -0.1) is 0 Å². The summed E-state index contributed by atoms with van der Waals surface area (Å²) in [6.07, 6.45) is 2.50. The van der Waals surface area contributed by atoms with Gasteiger partial charge < -0.3 is 10.1 Å². The molecule has 0 radical (unpaired) electrons. The van der Waals surface area contributed by atoms with Crippen LogP contribution in [0.25, 0.3) is 0 Å². The van der Waals surface area contributed by atoms with Gasteiger partial charge in [-0.2, -0.15) is 0 Å². The molecule has 0 aliphatic rings. The minimum atomic E-state index is 0.433. The zero-order chi connectivity index (χ0) is 11.0. The normalized spacial score (nSPS) is 17.8. The molecule has 0 bridgehead atoms. The third kappa shape index (κ3) is 4.43. The topological polar surface area (TPSA) is 21.3 Å². The van der Waals surface area contributed by atoms with Gasteiger partial charge in [0, 0.05) is 20.2 Å². The molecule has 2 heteroatoms. The average Bonchev–Trinajstić information content (AvgIpc) is 2.22. The van der Waals surface area contributed by atoms with Crippen LogP contribution >= 0.6 is 0 Å². The molecule has 86 valence electrons. The molecule has 14 heavy (non-hydrogen) atoms. The number of hydrogen-bond donors (Lipinski definition) is 1. The van der Waals surface area contributed by atoms with Gasteiger partial charge in [0.25, 0.3) is 0 Å². The smallest absolute Gasteiger partial charge is 0.0587 e.